The molecule has 10 rings (SSSR count). The Balaban J connectivity index is 0.809. The molecule has 5 nitrogen and oxygen atoms in total. The molecule has 8 aromatic rings. The van der Waals surface area contributed by atoms with Crippen molar-refractivity contribution < 1.29 is 0 Å². The normalized spacial score (nSPS) is 14.1. The maximum Gasteiger partial charge on any atom is 0.138 e. The van der Waals surface area contributed by atoms with Gasteiger partial charge in [0.2, 0.25) is 0 Å². The van der Waals surface area contributed by atoms with E-state index in [1.54, 1.807) is 18.3 Å². The first-order valence-corrected chi connectivity index (χ1v) is 24.8. The Morgan fingerprint density at radius 1 is 0.466 bits per heavy atom. The van der Waals surface area contributed by atoms with Crippen LogP contribution in [0.4, 0.5) is 23.0 Å². The van der Waals surface area contributed by atoms with Gasteiger partial charge in [0.25, 0.3) is 0 Å². The van der Waals surface area contributed by atoms with E-state index in [4.69, 9.17) is 5.73 Å². The van der Waals surface area contributed by atoms with Gasteiger partial charge in [-0.15, -0.1) is 0 Å². The van der Waals surface area contributed by atoms with Crippen molar-refractivity contribution in [1.29, 1.82) is 0 Å². The molecule has 0 unspecified atom stereocenters. The molecule has 5 heteroatoms. The van der Waals surface area contributed by atoms with Crippen LogP contribution in [0.15, 0.2) is 244 Å². The topological polar surface area (TPSA) is 58.3 Å². The van der Waals surface area contributed by atoms with Crippen LogP contribution in [0.5, 0.6) is 0 Å². The van der Waals surface area contributed by atoms with Crippen LogP contribution in [0.25, 0.3) is 57.7 Å². The van der Waals surface area contributed by atoms with Gasteiger partial charge in [-0.3, -0.25) is 9.80 Å². The van der Waals surface area contributed by atoms with Gasteiger partial charge in [-0.05, 0) is 139 Å². The maximum absolute atomic E-state index is 6.69. The second-order valence-electron chi connectivity index (χ2n) is 19.6. The number of fused-ring (bicyclic) bond motifs is 6. The fourth-order valence-corrected chi connectivity index (χ4v) is 10.3. The lowest BCUT2D eigenvalue weighted by Crippen LogP contribution is -2.24. The number of nitrogens with zero attached hydrogens (tertiary/aromatic N) is 4. The first-order chi connectivity index (χ1) is 35.4. The van der Waals surface area contributed by atoms with Crippen molar-refractivity contribution in [3.63, 3.8) is 0 Å². The molecule has 2 heterocycles. The lowest BCUT2D eigenvalue weighted by Gasteiger charge is -2.27. The second kappa shape index (κ2) is 20.0. The molecule has 2 aliphatic rings. The van der Waals surface area contributed by atoms with Gasteiger partial charge < -0.3 is 5.73 Å². The van der Waals surface area contributed by atoms with Gasteiger partial charge in [0.05, 0.1) is 0 Å². The Morgan fingerprint density at radius 2 is 0.877 bits per heavy atom. The molecular formula is C68H59N5. The summed E-state index contributed by atoms with van der Waals surface area (Å²) in [6.07, 6.45) is 25.4. The van der Waals surface area contributed by atoms with Crippen molar-refractivity contribution in [1.82, 2.24) is 9.97 Å². The number of nitrogens with two attached hydrogens (primary N) is 1. The minimum Gasteiger partial charge on any atom is -0.385 e. The third-order valence-electron chi connectivity index (χ3n) is 14.2. The summed E-state index contributed by atoms with van der Waals surface area (Å²) in [4.78, 5) is 13.4. The third-order valence-corrected chi connectivity index (χ3v) is 14.2. The first-order valence-electron chi connectivity index (χ1n) is 24.8. The molecule has 0 radical (unpaired) electrons. The smallest absolute Gasteiger partial charge is 0.138 e. The molecule has 0 aliphatic heterocycles. The fourth-order valence-electron chi connectivity index (χ4n) is 10.3. The molecule has 0 amide bonds. The molecule has 356 valence electrons. The minimum atomic E-state index is -0.224. The summed E-state index contributed by atoms with van der Waals surface area (Å²) in [5.41, 5.74) is 26.3. The molecule has 0 atom stereocenters. The predicted octanol–water partition coefficient (Wildman–Crippen LogP) is 17.2. The lowest BCUT2D eigenvalue weighted by atomic mass is 9.81. The van der Waals surface area contributed by atoms with Crippen LogP contribution >= 0.6 is 0 Å². The van der Waals surface area contributed by atoms with Gasteiger partial charge in [0.1, 0.15) is 17.5 Å². The van der Waals surface area contributed by atoms with Gasteiger partial charge in [0.15, 0.2) is 0 Å². The Labute approximate surface area is 431 Å². The summed E-state index contributed by atoms with van der Waals surface area (Å²) in [6.45, 7) is 21.3. The molecule has 6 aromatic carbocycles. The van der Waals surface area contributed by atoms with Crippen molar-refractivity contribution in [2.75, 3.05) is 9.80 Å². The molecule has 2 aromatic heterocycles. The van der Waals surface area contributed by atoms with Crippen molar-refractivity contribution in [2.24, 2.45) is 5.73 Å². The zero-order valence-electron chi connectivity index (χ0n) is 42.0. The number of anilines is 4. The van der Waals surface area contributed by atoms with E-state index in [1.165, 1.54) is 61.2 Å². The number of allylic oxidation sites excluding steroid dienone is 7. The molecule has 0 fully saturated rings. The number of benzene rings is 6. The van der Waals surface area contributed by atoms with Crippen molar-refractivity contribution in [2.45, 2.75) is 38.5 Å². The number of pyridine rings is 2. The number of hydrogen-bond donors (Lipinski definition) is 1. The number of aromatic nitrogens is 2. The van der Waals surface area contributed by atoms with E-state index in [1.807, 2.05) is 77.9 Å². The van der Waals surface area contributed by atoms with Crippen molar-refractivity contribution >= 4 is 47.3 Å². The van der Waals surface area contributed by atoms with E-state index < -0.39 is 0 Å². The zero-order chi connectivity index (χ0) is 50.7. The lowest BCUT2D eigenvalue weighted by molar-refractivity contribution is 0.660. The fraction of sp³-hybridized carbons (Fsp3) is 0.0882. The Bertz CT molecular complexity index is 3550. The van der Waals surface area contributed by atoms with Crippen LogP contribution in [-0.4, -0.2) is 9.97 Å². The van der Waals surface area contributed by atoms with Gasteiger partial charge in [-0.1, -0.05) is 211 Å². The number of rotatable bonds is 15. The summed E-state index contributed by atoms with van der Waals surface area (Å²) in [5, 5.41) is 0. The van der Waals surface area contributed by atoms with E-state index in [2.05, 4.69) is 208 Å². The molecular weight excluding hydrogens is 887 g/mol. The zero-order valence-corrected chi connectivity index (χ0v) is 42.0. The quantitative estimate of drug-likeness (QED) is 0.0820. The van der Waals surface area contributed by atoms with Gasteiger partial charge in [0, 0.05) is 40.3 Å². The van der Waals surface area contributed by atoms with Crippen LogP contribution in [0.1, 0.15) is 72.2 Å². The van der Waals surface area contributed by atoms with Crippen LogP contribution in [-0.2, 0) is 10.8 Å². The summed E-state index contributed by atoms with van der Waals surface area (Å²) in [5.74, 6) is 2.14. The molecule has 2 N–H and O–H groups in total. The van der Waals surface area contributed by atoms with Gasteiger partial charge in [-0.25, -0.2) is 9.97 Å². The highest BCUT2D eigenvalue weighted by Gasteiger charge is 2.37. The molecule has 0 bridgehead atoms. The van der Waals surface area contributed by atoms with Crippen LogP contribution in [0.2, 0.25) is 0 Å². The monoisotopic (exact) mass is 945 g/mol. The first kappa shape index (κ1) is 47.6. The highest BCUT2D eigenvalue weighted by atomic mass is 15.2. The highest BCUT2D eigenvalue weighted by Crippen LogP contribution is 2.52. The van der Waals surface area contributed by atoms with Gasteiger partial charge >= 0.3 is 0 Å². The minimum absolute atomic E-state index is 0.202. The Kier molecular flexibility index (Phi) is 13.0. The van der Waals surface area contributed by atoms with Gasteiger partial charge in [-0.2, -0.15) is 0 Å². The molecule has 73 heavy (non-hydrogen) atoms. The van der Waals surface area contributed by atoms with E-state index >= 15 is 0 Å². The van der Waals surface area contributed by atoms with E-state index in [-0.39, 0.29) is 10.8 Å². The molecule has 0 spiro atoms. The average Bonchev–Trinajstić information content (AvgIpc) is 3.78. The summed E-state index contributed by atoms with van der Waals surface area (Å²) < 4.78 is 0. The molecule has 0 saturated carbocycles. The van der Waals surface area contributed by atoms with E-state index in [0.29, 0.717) is 5.82 Å². The SMILES string of the molecule is C=C/C=C\C=C(/N)N(c1ccc2c(c1)C(C)(C)c1cc(/C=C/c3ccc(-c4ccc(/C=C/c5ccc6c(c5)C(C)(C)c5cc(N(C(=C)/C=C\C=C)c7ccccn7)ccc5-6)cc4)cc3)ccc1-2)c1ccccn1. The largest absolute Gasteiger partial charge is 0.385 e. The maximum atomic E-state index is 6.69. The highest BCUT2D eigenvalue weighted by molar-refractivity contribution is 5.87. The van der Waals surface area contributed by atoms with Crippen LogP contribution < -0.4 is 15.5 Å². The average molecular weight is 946 g/mol. The molecule has 2 aliphatic carbocycles. The summed E-state index contributed by atoms with van der Waals surface area (Å²) in [6, 6.07) is 56.4. The third kappa shape index (κ3) is 9.37. The second-order valence-corrected chi connectivity index (χ2v) is 19.6. The standard InChI is InChI=1S/C68H59N5/c1-8-10-12-18-64(69)73(66-20-14-16-42-71-66)55-36-40-59-57-38-30-51(44-61(57)68(6,7)63(59)46-55)24-22-49-27-33-53(34-28-49)52-31-25-48(26-32-52)21-23-50-29-37-56-58-39-35-54(45-62(58)67(4,5)60(56)43-50)72(47(3)17-11-9-2)65-19-13-15-41-70-65/h8-46H,1-3,69H2,4-7H3/b12-10-,17-11-,23-21+,24-22+,64-18+. The van der Waals surface area contributed by atoms with Crippen molar-refractivity contribution in [3.8, 4) is 33.4 Å². The van der Waals surface area contributed by atoms with Crippen molar-refractivity contribution in [3.05, 3.63) is 288 Å². The Hall–Kier alpha value is -9.06. The predicted molar refractivity (Wildman–Crippen MR) is 311 cm³/mol. The summed E-state index contributed by atoms with van der Waals surface area (Å²) >= 11 is 0. The summed E-state index contributed by atoms with van der Waals surface area (Å²) in [7, 11) is 0. The van der Waals surface area contributed by atoms with Crippen LogP contribution in [0, 0.1) is 0 Å². The van der Waals surface area contributed by atoms with Crippen LogP contribution in [0.3, 0.4) is 0 Å². The van der Waals surface area contributed by atoms with E-state index in [9.17, 15) is 0 Å². The number of hydrogen-bond acceptors (Lipinski definition) is 5. The van der Waals surface area contributed by atoms with E-state index in [0.717, 1.165) is 45.4 Å². The molecule has 0 saturated heterocycles. The Morgan fingerprint density at radius 3 is 1.33 bits per heavy atom.